The van der Waals surface area contributed by atoms with Gasteiger partial charge in [-0.3, -0.25) is 4.79 Å². The van der Waals surface area contributed by atoms with Gasteiger partial charge in [-0.2, -0.15) is 0 Å². The zero-order chi connectivity index (χ0) is 14.3. The largest absolute Gasteiger partial charge is 0.350 e. The molecule has 1 rings (SSSR count). The van der Waals surface area contributed by atoms with Crippen molar-refractivity contribution < 1.29 is 4.79 Å². The number of amides is 1. The summed E-state index contributed by atoms with van der Waals surface area (Å²) < 4.78 is 0. The number of carbonyl (C=O) groups excluding carboxylic acids is 1. The van der Waals surface area contributed by atoms with Gasteiger partial charge in [-0.25, -0.2) is 0 Å². The van der Waals surface area contributed by atoms with Gasteiger partial charge in [-0.05, 0) is 51.3 Å². The van der Waals surface area contributed by atoms with E-state index in [1.54, 1.807) is 0 Å². The minimum absolute atomic E-state index is 0.0357. The average molecular weight is 261 g/mol. The van der Waals surface area contributed by atoms with E-state index in [-0.39, 0.29) is 11.9 Å². The highest BCUT2D eigenvalue weighted by atomic mass is 16.1. The van der Waals surface area contributed by atoms with Crippen LogP contribution in [0.3, 0.4) is 0 Å². The lowest BCUT2D eigenvalue weighted by Gasteiger charge is -2.11. The van der Waals surface area contributed by atoms with Crippen LogP contribution in [0.25, 0.3) is 0 Å². The molecule has 0 aliphatic carbocycles. The molecule has 0 radical (unpaired) electrons. The molecular formula is C17H27NO. The first-order valence-corrected chi connectivity index (χ1v) is 7.44. The van der Waals surface area contributed by atoms with Crippen LogP contribution in [-0.4, -0.2) is 11.9 Å². The zero-order valence-corrected chi connectivity index (χ0v) is 12.8. The van der Waals surface area contributed by atoms with Crippen LogP contribution in [0.5, 0.6) is 0 Å². The summed E-state index contributed by atoms with van der Waals surface area (Å²) in [7, 11) is 0. The lowest BCUT2D eigenvalue weighted by Crippen LogP contribution is -2.30. The first-order chi connectivity index (χ1) is 9.02. The second-order valence-electron chi connectivity index (χ2n) is 5.65. The number of hydrogen-bond donors (Lipinski definition) is 1. The molecule has 1 aromatic rings. The quantitative estimate of drug-likeness (QED) is 0.730. The smallest absolute Gasteiger partial charge is 0.251 e. The number of carbonyl (C=O) groups is 1. The van der Waals surface area contributed by atoms with Crippen molar-refractivity contribution >= 4 is 5.91 Å². The topological polar surface area (TPSA) is 29.1 Å². The Hall–Kier alpha value is -1.31. The Morgan fingerprint density at radius 2 is 1.89 bits per heavy atom. The first kappa shape index (κ1) is 15.7. The summed E-state index contributed by atoms with van der Waals surface area (Å²) in [5.74, 6) is 0.0357. The molecule has 0 spiro atoms. The van der Waals surface area contributed by atoms with E-state index in [9.17, 15) is 4.79 Å². The van der Waals surface area contributed by atoms with Gasteiger partial charge in [0.25, 0.3) is 5.91 Å². The van der Waals surface area contributed by atoms with E-state index in [2.05, 4.69) is 25.2 Å². The maximum atomic E-state index is 12.0. The predicted octanol–water partition coefficient (Wildman–Crippen LogP) is 4.26. The highest BCUT2D eigenvalue weighted by Gasteiger charge is 2.08. The monoisotopic (exact) mass is 261 g/mol. The van der Waals surface area contributed by atoms with Gasteiger partial charge in [0, 0.05) is 11.6 Å². The van der Waals surface area contributed by atoms with E-state index in [0.717, 1.165) is 12.0 Å². The third kappa shape index (κ3) is 5.91. The third-order valence-corrected chi connectivity index (χ3v) is 3.14. The number of unbranched alkanes of at least 4 members (excludes halogenated alkanes) is 3. The number of rotatable bonds is 7. The SMILES string of the molecule is CCCCCCc1cc(C)cc(C(=O)NC(C)C)c1. The fourth-order valence-corrected chi connectivity index (χ4v) is 2.24. The van der Waals surface area contributed by atoms with E-state index >= 15 is 0 Å². The molecular weight excluding hydrogens is 234 g/mol. The maximum absolute atomic E-state index is 12.0. The van der Waals surface area contributed by atoms with Crippen molar-refractivity contribution in [1.29, 1.82) is 0 Å². The number of aryl methyl sites for hydroxylation is 2. The molecule has 0 saturated carbocycles. The normalized spacial score (nSPS) is 10.8. The van der Waals surface area contributed by atoms with Gasteiger partial charge in [0.05, 0.1) is 0 Å². The molecule has 1 N–H and O–H groups in total. The van der Waals surface area contributed by atoms with Crippen LogP contribution in [0.15, 0.2) is 18.2 Å². The molecule has 0 aliphatic heterocycles. The summed E-state index contributed by atoms with van der Waals surface area (Å²) in [4.78, 5) is 12.0. The van der Waals surface area contributed by atoms with Gasteiger partial charge >= 0.3 is 0 Å². The molecule has 0 aliphatic rings. The summed E-state index contributed by atoms with van der Waals surface area (Å²) in [6.45, 7) is 8.25. The number of hydrogen-bond acceptors (Lipinski definition) is 1. The van der Waals surface area contributed by atoms with Gasteiger partial charge in [-0.1, -0.05) is 37.8 Å². The summed E-state index contributed by atoms with van der Waals surface area (Å²) >= 11 is 0. The Labute approximate surface area is 117 Å². The lowest BCUT2D eigenvalue weighted by atomic mass is 10.0. The highest BCUT2D eigenvalue weighted by molar-refractivity contribution is 5.94. The fourth-order valence-electron chi connectivity index (χ4n) is 2.24. The lowest BCUT2D eigenvalue weighted by molar-refractivity contribution is 0.0943. The van der Waals surface area contributed by atoms with E-state index in [0.29, 0.717) is 0 Å². The summed E-state index contributed by atoms with van der Waals surface area (Å²) in [5.41, 5.74) is 3.24. The van der Waals surface area contributed by atoms with Crippen molar-refractivity contribution in [3.05, 3.63) is 34.9 Å². The number of nitrogens with one attached hydrogen (secondary N) is 1. The molecule has 2 heteroatoms. The van der Waals surface area contributed by atoms with Gasteiger partial charge in [0.2, 0.25) is 0 Å². The van der Waals surface area contributed by atoms with Crippen molar-refractivity contribution in [3.63, 3.8) is 0 Å². The van der Waals surface area contributed by atoms with Crippen LogP contribution in [0, 0.1) is 6.92 Å². The molecule has 0 fully saturated rings. The van der Waals surface area contributed by atoms with E-state index < -0.39 is 0 Å². The molecule has 0 bridgehead atoms. The Kier molecular flexibility index (Phi) is 6.61. The maximum Gasteiger partial charge on any atom is 0.251 e. The molecule has 19 heavy (non-hydrogen) atoms. The summed E-state index contributed by atoms with van der Waals surface area (Å²) in [6.07, 6.45) is 6.12. The Bertz CT molecular complexity index is 410. The fraction of sp³-hybridized carbons (Fsp3) is 0.588. The second kappa shape index (κ2) is 7.98. The van der Waals surface area contributed by atoms with Gasteiger partial charge in [0.1, 0.15) is 0 Å². The Balaban J connectivity index is 2.68. The van der Waals surface area contributed by atoms with Crippen molar-refractivity contribution in [3.8, 4) is 0 Å². The van der Waals surface area contributed by atoms with Crippen LogP contribution in [-0.2, 0) is 6.42 Å². The minimum atomic E-state index is 0.0357. The Morgan fingerprint density at radius 1 is 1.16 bits per heavy atom. The predicted molar refractivity (Wildman–Crippen MR) is 81.6 cm³/mol. The van der Waals surface area contributed by atoms with Crippen molar-refractivity contribution in [2.24, 2.45) is 0 Å². The van der Waals surface area contributed by atoms with Crippen molar-refractivity contribution in [2.75, 3.05) is 0 Å². The summed E-state index contributed by atoms with van der Waals surface area (Å²) in [6, 6.07) is 6.38. The minimum Gasteiger partial charge on any atom is -0.350 e. The van der Waals surface area contributed by atoms with E-state index in [1.165, 1.54) is 36.8 Å². The zero-order valence-electron chi connectivity index (χ0n) is 12.8. The van der Waals surface area contributed by atoms with Crippen LogP contribution < -0.4 is 5.32 Å². The average Bonchev–Trinajstić information content (AvgIpc) is 2.33. The molecule has 1 aromatic carbocycles. The molecule has 0 unspecified atom stereocenters. The second-order valence-corrected chi connectivity index (χ2v) is 5.65. The molecule has 1 amide bonds. The molecule has 0 saturated heterocycles. The van der Waals surface area contributed by atoms with Gasteiger partial charge < -0.3 is 5.32 Å². The first-order valence-electron chi connectivity index (χ1n) is 7.44. The van der Waals surface area contributed by atoms with Gasteiger partial charge in [-0.15, -0.1) is 0 Å². The standard InChI is InChI=1S/C17H27NO/c1-5-6-7-8-9-15-10-14(4)11-16(12-15)17(19)18-13(2)3/h10-13H,5-9H2,1-4H3,(H,18,19). The Morgan fingerprint density at radius 3 is 2.53 bits per heavy atom. The van der Waals surface area contributed by atoms with Gasteiger partial charge in [0.15, 0.2) is 0 Å². The van der Waals surface area contributed by atoms with E-state index in [1.807, 2.05) is 26.0 Å². The van der Waals surface area contributed by atoms with Crippen LogP contribution in [0.2, 0.25) is 0 Å². The summed E-state index contributed by atoms with van der Waals surface area (Å²) in [5, 5.41) is 2.95. The molecule has 0 atom stereocenters. The molecule has 2 nitrogen and oxygen atoms in total. The van der Waals surface area contributed by atoms with E-state index in [4.69, 9.17) is 0 Å². The van der Waals surface area contributed by atoms with Crippen LogP contribution in [0.1, 0.15) is 67.9 Å². The molecule has 0 heterocycles. The van der Waals surface area contributed by atoms with Crippen molar-refractivity contribution in [2.45, 2.75) is 65.8 Å². The van der Waals surface area contributed by atoms with Crippen LogP contribution >= 0.6 is 0 Å². The number of benzene rings is 1. The molecule has 0 aromatic heterocycles. The van der Waals surface area contributed by atoms with Crippen LogP contribution in [0.4, 0.5) is 0 Å². The highest BCUT2D eigenvalue weighted by Crippen LogP contribution is 2.13. The molecule has 106 valence electrons. The van der Waals surface area contributed by atoms with Crippen molar-refractivity contribution in [1.82, 2.24) is 5.32 Å². The third-order valence-electron chi connectivity index (χ3n) is 3.14.